The molecule has 2 aromatic rings. The molecule has 0 saturated heterocycles. The summed E-state index contributed by atoms with van der Waals surface area (Å²) in [4.78, 5) is 19.7. The molecular formula is C26H32F2N8OS. The molecule has 38 heavy (non-hydrogen) atoms. The second kappa shape index (κ2) is 13.2. The number of benzene rings is 2. The Morgan fingerprint density at radius 1 is 1.21 bits per heavy atom. The number of carbonyl (C=O) groups excluding carboxylic acids is 1. The quantitative estimate of drug-likeness (QED) is 0.267. The summed E-state index contributed by atoms with van der Waals surface area (Å²) in [6.07, 6.45) is 3.20. The molecule has 1 atom stereocenters. The second-order valence-electron chi connectivity index (χ2n) is 8.69. The lowest BCUT2D eigenvalue weighted by Gasteiger charge is -2.38. The highest BCUT2D eigenvalue weighted by atomic mass is 32.2. The van der Waals surface area contributed by atoms with Gasteiger partial charge < -0.3 is 21.3 Å². The summed E-state index contributed by atoms with van der Waals surface area (Å²) in [5, 5.41) is 15.0. The van der Waals surface area contributed by atoms with Gasteiger partial charge in [0.1, 0.15) is 21.5 Å². The number of guanidine groups is 1. The third kappa shape index (κ3) is 6.41. The molecular weight excluding hydrogens is 510 g/mol. The molecule has 1 heterocycles. The fraction of sp³-hybridized carbons (Fsp3) is 0.385. The largest absolute Gasteiger partial charge is 0.369 e. The van der Waals surface area contributed by atoms with Crippen molar-refractivity contribution in [3.8, 4) is 6.19 Å². The highest BCUT2D eigenvalue weighted by Crippen LogP contribution is 2.51. The highest BCUT2D eigenvalue weighted by molar-refractivity contribution is 8.15. The van der Waals surface area contributed by atoms with Gasteiger partial charge in [-0.3, -0.25) is 0 Å². The van der Waals surface area contributed by atoms with Crippen LogP contribution >= 0.6 is 11.8 Å². The number of nitriles is 1. The summed E-state index contributed by atoms with van der Waals surface area (Å²) >= 11 is 1.21. The molecule has 0 spiro atoms. The van der Waals surface area contributed by atoms with Crippen molar-refractivity contribution in [2.45, 2.75) is 31.1 Å². The summed E-state index contributed by atoms with van der Waals surface area (Å²) < 4.78 is 29.0. The van der Waals surface area contributed by atoms with E-state index < -0.39 is 16.5 Å². The third-order valence-electron chi connectivity index (χ3n) is 6.21. The van der Waals surface area contributed by atoms with Crippen LogP contribution in [0.25, 0.3) is 0 Å². The number of amides is 2. The van der Waals surface area contributed by atoms with E-state index in [0.717, 1.165) is 23.8 Å². The molecule has 0 saturated carbocycles. The van der Waals surface area contributed by atoms with E-state index in [1.165, 1.54) is 16.8 Å². The molecule has 1 aliphatic heterocycles. The van der Waals surface area contributed by atoms with Gasteiger partial charge in [-0.1, -0.05) is 42.1 Å². The van der Waals surface area contributed by atoms with Crippen LogP contribution in [-0.2, 0) is 4.87 Å². The molecule has 4 N–H and O–H groups in total. The molecule has 2 aromatic carbocycles. The van der Waals surface area contributed by atoms with Gasteiger partial charge in [-0.2, -0.15) is 15.4 Å². The van der Waals surface area contributed by atoms with Crippen LogP contribution in [-0.4, -0.2) is 65.1 Å². The van der Waals surface area contributed by atoms with E-state index in [-0.39, 0.29) is 22.6 Å². The number of nitrogens with two attached hydrogens (primary N) is 2. The second-order valence-corrected chi connectivity index (χ2v) is 9.96. The zero-order chi connectivity index (χ0) is 27.7. The summed E-state index contributed by atoms with van der Waals surface area (Å²) in [5.74, 6) is -1.16. The number of rotatable bonds is 10. The van der Waals surface area contributed by atoms with Crippen molar-refractivity contribution in [2.24, 2.45) is 21.6 Å². The number of carbonyl (C=O) groups is 1. The predicted octanol–water partition coefficient (Wildman–Crippen LogP) is 3.83. The first-order chi connectivity index (χ1) is 18.3. The van der Waals surface area contributed by atoms with E-state index in [1.807, 2.05) is 37.3 Å². The minimum absolute atomic E-state index is 0.0156. The van der Waals surface area contributed by atoms with Crippen molar-refractivity contribution in [3.63, 3.8) is 0 Å². The van der Waals surface area contributed by atoms with Crippen LogP contribution in [0.4, 0.5) is 13.6 Å². The molecule has 0 fully saturated rings. The molecule has 0 radical (unpaired) electrons. The van der Waals surface area contributed by atoms with E-state index in [0.29, 0.717) is 45.4 Å². The Hall–Kier alpha value is -3.69. The summed E-state index contributed by atoms with van der Waals surface area (Å²) in [6.45, 7) is 3.58. The average Bonchev–Trinajstić information content (AvgIpc) is 3.31. The zero-order valence-corrected chi connectivity index (χ0v) is 22.3. The molecule has 3 rings (SSSR count). The smallest absolute Gasteiger partial charge is 0.342 e. The lowest BCUT2D eigenvalue weighted by molar-refractivity contribution is 0.123. The molecule has 202 valence electrons. The van der Waals surface area contributed by atoms with Crippen molar-refractivity contribution >= 4 is 28.8 Å². The number of hydrogen-bond donors (Lipinski definition) is 2. The number of urea groups is 1. The van der Waals surface area contributed by atoms with Crippen LogP contribution < -0.4 is 11.5 Å². The average molecular weight is 543 g/mol. The van der Waals surface area contributed by atoms with Crippen molar-refractivity contribution < 1.29 is 13.6 Å². The van der Waals surface area contributed by atoms with Crippen LogP contribution in [0.5, 0.6) is 0 Å². The van der Waals surface area contributed by atoms with Crippen molar-refractivity contribution in [1.29, 1.82) is 5.26 Å². The minimum atomic E-state index is -1.05. The van der Waals surface area contributed by atoms with E-state index in [9.17, 15) is 13.6 Å². The Morgan fingerprint density at radius 3 is 2.61 bits per heavy atom. The van der Waals surface area contributed by atoms with Gasteiger partial charge in [0.2, 0.25) is 12.2 Å². The molecule has 12 heteroatoms. The van der Waals surface area contributed by atoms with Gasteiger partial charge in [-0.25, -0.2) is 13.6 Å². The Balaban J connectivity index is 2.08. The normalized spacial score (nSPS) is 17.2. The van der Waals surface area contributed by atoms with E-state index in [4.69, 9.17) is 16.7 Å². The van der Waals surface area contributed by atoms with E-state index >= 15 is 0 Å². The molecule has 1 unspecified atom stereocenters. The highest BCUT2D eigenvalue weighted by Gasteiger charge is 2.49. The maximum Gasteiger partial charge on any atom is 0.342 e. The van der Waals surface area contributed by atoms with Gasteiger partial charge in [-0.05, 0) is 56.5 Å². The first-order valence-corrected chi connectivity index (χ1v) is 13.1. The number of halogens is 2. The monoisotopic (exact) mass is 542 g/mol. The maximum atomic E-state index is 14.9. The van der Waals surface area contributed by atoms with Gasteiger partial charge in [-0.15, -0.1) is 4.99 Å². The number of nitrogens with zero attached hydrogens (tertiary/aromatic N) is 6. The number of aliphatic imine (C=N–C) groups is 1. The molecule has 2 amide bonds. The number of hydrazone groups is 1. The zero-order valence-electron chi connectivity index (χ0n) is 21.5. The fourth-order valence-corrected chi connectivity index (χ4v) is 5.57. The number of hydrogen-bond acceptors (Lipinski definition) is 6. The van der Waals surface area contributed by atoms with Gasteiger partial charge in [0, 0.05) is 32.2 Å². The lowest BCUT2D eigenvalue weighted by atomic mass is 10.00. The van der Waals surface area contributed by atoms with Crippen LogP contribution in [0.2, 0.25) is 0 Å². The molecule has 0 aliphatic carbocycles. The standard InChI is InChI=1S/C26H32F2N8OS/c1-3-35(16-8-14-29)25(37)36-26(19-9-5-4-6-10-19,13-7-15-34(2)24(31)32-18-30)38-23(33-36)21-17-20(27)11-12-22(21)28/h4-6,9-12,17H,3,7-8,13-16,29H2,1-2H3,(H2,31,32). The predicted molar refractivity (Wildman–Crippen MR) is 146 cm³/mol. The van der Waals surface area contributed by atoms with E-state index in [2.05, 4.69) is 10.1 Å². The van der Waals surface area contributed by atoms with Crippen LogP contribution in [0.1, 0.15) is 37.3 Å². The van der Waals surface area contributed by atoms with Gasteiger partial charge in [0.05, 0.1) is 0 Å². The van der Waals surface area contributed by atoms with Gasteiger partial charge >= 0.3 is 6.03 Å². The summed E-state index contributed by atoms with van der Waals surface area (Å²) in [6, 6.07) is 12.2. The van der Waals surface area contributed by atoms with E-state index in [1.54, 1.807) is 23.0 Å². The number of thioether (sulfide) groups is 1. The van der Waals surface area contributed by atoms with Gasteiger partial charge in [0.15, 0.2) is 0 Å². The van der Waals surface area contributed by atoms with Crippen LogP contribution in [0, 0.1) is 23.1 Å². The van der Waals surface area contributed by atoms with Crippen molar-refractivity contribution in [3.05, 3.63) is 71.3 Å². The SMILES string of the molecule is CCN(CCCN)C(=O)N1N=C(c2cc(F)ccc2F)SC1(CCCN(C)C(N)=NC#N)c1ccccc1. The Kier molecular flexibility index (Phi) is 10.0. The maximum absolute atomic E-state index is 14.9. The Bertz CT molecular complexity index is 1220. The molecule has 0 bridgehead atoms. The molecule has 0 aromatic heterocycles. The Labute approximate surface area is 225 Å². The summed E-state index contributed by atoms with van der Waals surface area (Å²) in [7, 11) is 1.71. The fourth-order valence-electron chi connectivity index (χ4n) is 4.16. The molecule has 9 nitrogen and oxygen atoms in total. The van der Waals surface area contributed by atoms with Crippen molar-refractivity contribution in [2.75, 3.05) is 33.2 Å². The van der Waals surface area contributed by atoms with Crippen LogP contribution in [0.3, 0.4) is 0 Å². The molecule has 1 aliphatic rings. The lowest BCUT2D eigenvalue weighted by Crippen LogP contribution is -2.49. The van der Waals surface area contributed by atoms with Crippen LogP contribution in [0.15, 0.2) is 58.6 Å². The summed E-state index contributed by atoms with van der Waals surface area (Å²) in [5.41, 5.74) is 12.3. The van der Waals surface area contributed by atoms with Crippen molar-refractivity contribution in [1.82, 2.24) is 14.8 Å². The minimum Gasteiger partial charge on any atom is -0.369 e. The van der Waals surface area contributed by atoms with Gasteiger partial charge in [0.25, 0.3) is 0 Å². The Morgan fingerprint density at radius 2 is 1.95 bits per heavy atom. The first-order valence-electron chi connectivity index (χ1n) is 12.3. The topological polar surface area (TPSA) is 127 Å². The third-order valence-corrected chi connectivity index (χ3v) is 7.66. The first kappa shape index (κ1) is 28.9.